The Labute approximate surface area is 103 Å². The molecule has 86 valence electrons. The second kappa shape index (κ2) is 8.96. The number of hydrogen-bond donors (Lipinski definition) is 0. The molecule has 0 radical (unpaired) electrons. The molecule has 0 rings (SSSR count). The zero-order chi connectivity index (χ0) is 11.7. The predicted molar refractivity (Wildman–Crippen MR) is 74.6 cm³/mol. The van der Waals surface area contributed by atoms with E-state index in [1.54, 1.807) is 0 Å². The van der Waals surface area contributed by atoms with Crippen LogP contribution in [0, 0.1) is 0 Å². The molecule has 0 aliphatic carbocycles. The van der Waals surface area contributed by atoms with Crippen molar-refractivity contribution in [3.8, 4) is 0 Å². The van der Waals surface area contributed by atoms with Gasteiger partial charge in [0.1, 0.15) is 0 Å². The van der Waals surface area contributed by atoms with Crippen molar-refractivity contribution in [3.63, 3.8) is 0 Å². The molecule has 0 nitrogen and oxygen atoms in total. The van der Waals surface area contributed by atoms with Crippen molar-refractivity contribution in [2.24, 2.45) is 0 Å². The maximum atomic E-state index is 3.90. The molecule has 0 saturated carbocycles. The summed E-state index contributed by atoms with van der Waals surface area (Å²) in [5.74, 6) is 0. The Hall–Kier alpha value is -0.300. The monoisotopic (exact) mass is 270 g/mol. The second-order valence-corrected chi connectivity index (χ2v) is 4.83. The van der Waals surface area contributed by atoms with Crippen LogP contribution in [0.15, 0.2) is 35.5 Å². The zero-order valence-electron chi connectivity index (χ0n) is 10.3. The normalized spacial score (nSPS) is 13.1. The summed E-state index contributed by atoms with van der Waals surface area (Å²) in [4.78, 5) is 0. The molecule has 0 amide bonds. The van der Waals surface area contributed by atoms with E-state index in [4.69, 9.17) is 0 Å². The van der Waals surface area contributed by atoms with E-state index in [1.165, 1.54) is 23.1 Å². The van der Waals surface area contributed by atoms with Crippen LogP contribution in [0.1, 0.15) is 46.5 Å². The zero-order valence-corrected chi connectivity index (χ0v) is 11.9. The summed E-state index contributed by atoms with van der Waals surface area (Å²) in [5, 5.41) is 0.991. The van der Waals surface area contributed by atoms with Gasteiger partial charge in [0.25, 0.3) is 0 Å². The molecule has 1 heteroatoms. The summed E-state index contributed by atoms with van der Waals surface area (Å²) in [5.41, 5.74) is 4.19. The van der Waals surface area contributed by atoms with Crippen LogP contribution in [0.4, 0.5) is 0 Å². The van der Waals surface area contributed by atoms with Crippen LogP contribution in [0.3, 0.4) is 0 Å². The van der Waals surface area contributed by atoms with Gasteiger partial charge in [-0.3, -0.25) is 0 Å². The van der Waals surface area contributed by atoms with Gasteiger partial charge in [-0.05, 0) is 46.5 Å². The third-order valence-electron chi connectivity index (χ3n) is 2.31. The van der Waals surface area contributed by atoms with E-state index in [2.05, 4.69) is 55.4 Å². The highest BCUT2D eigenvalue weighted by atomic mass is 79.9. The first-order valence-corrected chi connectivity index (χ1v) is 6.70. The summed E-state index contributed by atoms with van der Waals surface area (Å²) < 4.78 is 0. The van der Waals surface area contributed by atoms with Crippen molar-refractivity contribution in [2.75, 3.05) is 5.33 Å². The van der Waals surface area contributed by atoms with E-state index in [0.717, 1.165) is 24.6 Å². The van der Waals surface area contributed by atoms with Gasteiger partial charge in [0.05, 0.1) is 0 Å². The van der Waals surface area contributed by atoms with E-state index in [0.29, 0.717) is 0 Å². The van der Waals surface area contributed by atoms with E-state index >= 15 is 0 Å². The van der Waals surface area contributed by atoms with E-state index in [1.807, 2.05) is 0 Å². The lowest BCUT2D eigenvalue weighted by molar-refractivity contribution is 0.921. The quantitative estimate of drug-likeness (QED) is 0.429. The number of hydrogen-bond acceptors (Lipinski definition) is 0. The van der Waals surface area contributed by atoms with Gasteiger partial charge >= 0.3 is 0 Å². The number of allylic oxidation sites excluding steroid dienone is 5. The molecule has 0 fully saturated rings. The average Bonchev–Trinajstić information content (AvgIpc) is 2.17. The van der Waals surface area contributed by atoms with Gasteiger partial charge in [0, 0.05) is 5.33 Å². The van der Waals surface area contributed by atoms with Crippen molar-refractivity contribution in [2.45, 2.75) is 46.5 Å². The van der Waals surface area contributed by atoms with E-state index in [-0.39, 0.29) is 0 Å². The molecular weight excluding hydrogens is 248 g/mol. The maximum absolute atomic E-state index is 3.90. The number of halogens is 1. The molecule has 0 aromatic rings. The first-order valence-electron chi connectivity index (χ1n) is 5.58. The van der Waals surface area contributed by atoms with E-state index < -0.39 is 0 Å². The van der Waals surface area contributed by atoms with Crippen LogP contribution < -0.4 is 0 Å². The highest BCUT2D eigenvalue weighted by Crippen LogP contribution is 2.10. The average molecular weight is 271 g/mol. The summed E-state index contributed by atoms with van der Waals surface area (Å²) in [6.45, 7) is 10.4. The smallest absolute Gasteiger partial charge is 0.0239 e. The Morgan fingerprint density at radius 1 is 1.00 bits per heavy atom. The lowest BCUT2D eigenvalue weighted by Crippen LogP contribution is -1.81. The molecule has 0 aliphatic heterocycles. The molecule has 0 N–H and O–H groups in total. The fourth-order valence-electron chi connectivity index (χ4n) is 1.27. The predicted octanol–water partition coefficient (Wildman–Crippen LogP) is 5.41. The minimum absolute atomic E-state index is 0.991. The third-order valence-corrected chi connectivity index (χ3v) is 3.19. The van der Waals surface area contributed by atoms with Crippen LogP contribution in [0.2, 0.25) is 0 Å². The van der Waals surface area contributed by atoms with Crippen molar-refractivity contribution in [3.05, 3.63) is 35.5 Å². The molecule has 0 heterocycles. The topological polar surface area (TPSA) is 0 Å². The van der Waals surface area contributed by atoms with Gasteiger partial charge in [0.2, 0.25) is 0 Å². The fraction of sp³-hybridized carbons (Fsp3) is 0.571. The molecular formula is C14H23Br. The van der Waals surface area contributed by atoms with Gasteiger partial charge < -0.3 is 0 Å². The van der Waals surface area contributed by atoms with Gasteiger partial charge in [-0.1, -0.05) is 44.8 Å². The van der Waals surface area contributed by atoms with Gasteiger partial charge in [0.15, 0.2) is 0 Å². The minimum Gasteiger partial charge on any atom is -0.100 e. The molecule has 0 aromatic heterocycles. The van der Waals surface area contributed by atoms with Crippen LogP contribution >= 0.6 is 15.9 Å². The Kier molecular flexibility index (Phi) is 8.79. The fourth-order valence-corrected chi connectivity index (χ4v) is 1.50. The largest absolute Gasteiger partial charge is 0.100 e. The molecule has 15 heavy (non-hydrogen) atoms. The Bertz CT molecular complexity index is 246. The van der Waals surface area contributed by atoms with E-state index in [9.17, 15) is 0 Å². The number of alkyl halides is 1. The Morgan fingerprint density at radius 2 is 1.53 bits per heavy atom. The summed E-state index contributed by atoms with van der Waals surface area (Å²) in [6, 6.07) is 0. The van der Waals surface area contributed by atoms with Crippen molar-refractivity contribution in [1.29, 1.82) is 0 Å². The Morgan fingerprint density at radius 3 is 2.07 bits per heavy atom. The second-order valence-electron chi connectivity index (χ2n) is 4.27. The molecule has 0 saturated heterocycles. The van der Waals surface area contributed by atoms with Crippen LogP contribution in [0.25, 0.3) is 0 Å². The first-order chi connectivity index (χ1) is 7.06. The third kappa shape index (κ3) is 9.99. The highest BCUT2D eigenvalue weighted by molar-refractivity contribution is 9.09. The van der Waals surface area contributed by atoms with Gasteiger partial charge in [-0.15, -0.1) is 6.58 Å². The lowest BCUT2D eigenvalue weighted by atomic mass is 10.1. The molecule has 0 aliphatic rings. The Balaban J connectivity index is 3.73. The van der Waals surface area contributed by atoms with Crippen LogP contribution in [-0.2, 0) is 0 Å². The summed E-state index contributed by atoms with van der Waals surface area (Å²) in [7, 11) is 0. The van der Waals surface area contributed by atoms with Gasteiger partial charge in [-0.25, -0.2) is 0 Å². The summed E-state index contributed by atoms with van der Waals surface area (Å²) >= 11 is 3.45. The first kappa shape index (κ1) is 14.7. The van der Waals surface area contributed by atoms with Gasteiger partial charge in [-0.2, -0.15) is 0 Å². The van der Waals surface area contributed by atoms with Crippen LogP contribution in [-0.4, -0.2) is 5.33 Å². The molecule has 0 bridgehead atoms. The highest BCUT2D eigenvalue weighted by Gasteiger charge is 1.90. The maximum Gasteiger partial charge on any atom is 0.0239 e. The molecule has 0 spiro atoms. The standard InChI is InChI=1S/C14H23Br/c1-12(2)7-5-8-13(3)9-6-10-14(4)11-15/h8,10H,1,5-7,9,11H2,2-4H3/b13-8+,14-10+. The number of rotatable bonds is 7. The summed E-state index contributed by atoms with van der Waals surface area (Å²) in [6.07, 6.45) is 9.25. The van der Waals surface area contributed by atoms with Crippen molar-refractivity contribution >= 4 is 15.9 Å². The molecule has 0 atom stereocenters. The molecule has 0 unspecified atom stereocenters. The minimum atomic E-state index is 0.991. The van der Waals surface area contributed by atoms with Crippen molar-refractivity contribution in [1.82, 2.24) is 0 Å². The van der Waals surface area contributed by atoms with Crippen LogP contribution in [0.5, 0.6) is 0 Å². The lowest BCUT2D eigenvalue weighted by Gasteiger charge is -2.00. The molecule has 0 aromatic carbocycles. The SMILES string of the molecule is C=C(C)CC/C=C(\C)CC/C=C(\C)CBr. The van der Waals surface area contributed by atoms with Crippen molar-refractivity contribution < 1.29 is 0 Å².